The topological polar surface area (TPSA) is 25.3 Å². The van der Waals surface area contributed by atoms with Crippen LogP contribution in [0.1, 0.15) is 346 Å². The van der Waals surface area contributed by atoms with Crippen molar-refractivity contribution in [2.45, 2.75) is 337 Å². The number of nitrogens with zero attached hydrogens (tertiary/aromatic N) is 2. The van der Waals surface area contributed by atoms with Crippen molar-refractivity contribution < 1.29 is 19.1 Å². The molecule has 0 aromatic heterocycles. The van der Waals surface area contributed by atoms with Crippen molar-refractivity contribution in [3.63, 3.8) is 0 Å². The number of benzene rings is 2. The van der Waals surface area contributed by atoms with Crippen LogP contribution < -0.4 is 0 Å². The fourth-order valence-electron chi connectivity index (χ4n) is 10.9. The minimum atomic E-state index is 0.997. The van der Waals surface area contributed by atoms with Gasteiger partial charge in [0.1, 0.15) is 0 Å². The summed E-state index contributed by atoms with van der Waals surface area (Å²) in [5.41, 5.74) is 22.1. The van der Waals surface area contributed by atoms with E-state index in [1.165, 1.54) is 267 Å². The third kappa shape index (κ3) is 35.3. The normalized spacial score (nSPS) is 12.4. The summed E-state index contributed by atoms with van der Waals surface area (Å²) in [7, 11) is 0. The Hall–Kier alpha value is -3.13. The maximum Gasteiger partial charge on any atom is 0.211 e. The summed E-state index contributed by atoms with van der Waals surface area (Å²) in [6.45, 7) is 13.7. The largest absolute Gasteiger partial charge is 0.493 e. The summed E-state index contributed by atoms with van der Waals surface area (Å²) in [5.74, 6) is 6.48. The summed E-state index contributed by atoms with van der Waals surface area (Å²) >= 11 is 1.30. The van der Waals surface area contributed by atoms with Gasteiger partial charge in [0, 0.05) is 22.3 Å². The van der Waals surface area contributed by atoms with Crippen molar-refractivity contribution in [2.75, 3.05) is 0 Å². The standard InChI is InChI=1S/C52H82N2.2C11H19.Ni/c1-5-9-13-15-16-17-18-19-20-21-22-23-24-25-26-27-28-29-30-32-38-46-39-33-34-43-48(46)52-50(42-12-8-4)49(41-11-7-3)51(54(52)53)47-40-35-37-45(44-47)36-31-14-10-6-2;2*1-3-5-7-9-11-10-8-6-4-2;/h29-30,33-35,37,39-40,43-44H,5-28,31-32,36,38,41-42H2,1-4H3;2*3,5-11H2,1H3;. The van der Waals surface area contributed by atoms with Gasteiger partial charge in [-0.05, 0) is 93.5 Å². The van der Waals surface area contributed by atoms with Gasteiger partial charge in [0.15, 0.2) is 0 Å². The van der Waals surface area contributed by atoms with Gasteiger partial charge in [-0.2, -0.15) is 0 Å². The van der Waals surface area contributed by atoms with E-state index in [4.69, 9.17) is 0 Å². The first-order valence-electron chi connectivity index (χ1n) is 33.4. The van der Waals surface area contributed by atoms with Gasteiger partial charge < -0.3 is 5.53 Å². The summed E-state index contributed by atoms with van der Waals surface area (Å²) in [4.78, 5) is 6.27. The van der Waals surface area contributed by atoms with Crippen molar-refractivity contribution in [3.8, 4) is 21.6 Å². The average Bonchev–Trinajstić information content (AvgIpc) is 3.79. The molecular formula is C74H120N2Ni. The first kappa shape index (κ1) is 70.0. The Morgan fingerprint density at radius 2 is 0.805 bits per heavy atom. The minimum absolute atomic E-state index is 0.997. The fraction of sp³-hybridized carbons (Fsp3) is 0.703. The van der Waals surface area contributed by atoms with Crippen LogP contribution in [-0.2, 0) is 27.3 Å². The number of rotatable bonds is 47. The summed E-state index contributed by atoms with van der Waals surface area (Å²) < 4.78 is 1.60. The van der Waals surface area contributed by atoms with E-state index in [0.29, 0.717) is 0 Å². The molecule has 0 radical (unpaired) electrons. The van der Waals surface area contributed by atoms with Crippen LogP contribution in [-0.4, -0.2) is 4.70 Å². The van der Waals surface area contributed by atoms with Crippen molar-refractivity contribution in [1.29, 1.82) is 0 Å². The molecule has 3 rings (SSSR count). The molecule has 0 saturated carbocycles. The van der Waals surface area contributed by atoms with Gasteiger partial charge in [-0.3, -0.25) is 0 Å². The van der Waals surface area contributed by atoms with E-state index in [-0.39, 0.29) is 0 Å². The molecule has 0 bridgehead atoms. The molecule has 0 spiro atoms. The number of aryl methyl sites for hydroxylation is 2. The van der Waals surface area contributed by atoms with Crippen molar-refractivity contribution in [2.24, 2.45) is 0 Å². The quantitative estimate of drug-likeness (QED) is 0.0208. The Labute approximate surface area is 485 Å². The van der Waals surface area contributed by atoms with E-state index < -0.39 is 0 Å². The molecule has 77 heavy (non-hydrogen) atoms. The molecule has 1 heterocycles. The van der Waals surface area contributed by atoms with Crippen LogP contribution >= 0.6 is 0 Å². The summed E-state index contributed by atoms with van der Waals surface area (Å²) in [6.07, 6.45) is 64.8. The monoisotopic (exact) mass is 1090 g/mol. The molecular weight excluding hydrogens is 976 g/mol. The Balaban J connectivity index is 0.000000739. The molecule has 2 aromatic carbocycles. The third-order valence-electron chi connectivity index (χ3n) is 15.7. The van der Waals surface area contributed by atoms with Gasteiger partial charge in [0.2, 0.25) is 11.4 Å². The van der Waals surface area contributed by atoms with Gasteiger partial charge >= 0.3 is 153 Å². The van der Waals surface area contributed by atoms with Gasteiger partial charge in [-0.15, -0.1) is 0 Å². The molecule has 0 fully saturated rings. The fourth-order valence-corrected chi connectivity index (χ4v) is 11.3. The van der Waals surface area contributed by atoms with Gasteiger partial charge in [0.25, 0.3) is 0 Å². The summed E-state index contributed by atoms with van der Waals surface area (Å²) in [6, 6.07) is 17.9. The Morgan fingerprint density at radius 3 is 1.30 bits per heavy atom. The zero-order chi connectivity index (χ0) is 55.3. The third-order valence-corrected chi connectivity index (χ3v) is 16.3. The molecule has 3 heteroatoms. The van der Waals surface area contributed by atoms with Crippen molar-refractivity contribution in [1.82, 2.24) is 0 Å². The molecule has 0 N–H and O–H groups in total. The molecule has 1 aliphatic rings. The van der Waals surface area contributed by atoms with Crippen LogP contribution in [0.4, 0.5) is 0 Å². The molecule has 0 saturated heterocycles. The van der Waals surface area contributed by atoms with Crippen LogP contribution in [0.2, 0.25) is 0 Å². The molecule has 2 aromatic rings. The Kier molecular flexibility index (Phi) is 47.5. The molecule has 0 amide bonds. The van der Waals surface area contributed by atoms with Gasteiger partial charge in [0.05, 0.1) is 0 Å². The predicted octanol–water partition coefficient (Wildman–Crippen LogP) is 24.8. The van der Waals surface area contributed by atoms with E-state index in [0.717, 1.165) is 87.6 Å². The first-order chi connectivity index (χ1) is 38.1. The van der Waals surface area contributed by atoms with Gasteiger partial charge in [-0.25, -0.2) is 4.70 Å². The maximum atomic E-state index is 12.2. The second-order valence-electron chi connectivity index (χ2n) is 22.8. The van der Waals surface area contributed by atoms with E-state index >= 15 is 0 Å². The van der Waals surface area contributed by atoms with Gasteiger partial charge in [-0.1, -0.05) is 199 Å². The van der Waals surface area contributed by atoms with Crippen molar-refractivity contribution in [3.05, 3.63) is 99.6 Å². The first-order valence-corrected chi connectivity index (χ1v) is 34.4. The number of unbranched alkanes of at least 4 members (excludes halogenated alkanes) is 35. The van der Waals surface area contributed by atoms with Crippen molar-refractivity contribution >= 4 is 11.4 Å². The maximum absolute atomic E-state index is 12.2. The van der Waals surface area contributed by atoms with E-state index in [9.17, 15) is 5.53 Å². The van der Waals surface area contributed by atoms with E-state index in [2.05, 4.69) is 124 Å². The second kappa shape index (κ2) is 52.3. The zero-order valence-corrected chi connectivity index (χ0v) is 52.5. The van der Waals surface area contributed by atoms with E-state index in [1.54, 1.807) is 4.70 Å². The molecule has 0 unspecified atom stereocenters. The van der Waals surface area contributed by atoms with Crippen LogP contribution in [0.3, 0.4) is 0 Å². The molecule has 0 atom stereocenters. The predicted molar refractivity (Wildman–Crippen MR) is 340 cm³/mol. The Bertz CT molecular complexity index is 1920. The SMILES string of the molecule is CCCCCCCCCC#[C][Ni][C]#CCCCCCCCCC.CCCCCCCCCCCCCCCCCCC=CCCc1ccccc1C1=C(CCCC)C(CCCC)=C(c2cccc(CCCCCC)c2)[N+]1=[N-]. The van der Waals surface area contributed by atoms with Crippen LogP contribution in [0, 0.1) is 21.6 Å². The summed E-state index contributed by atoms with van der Waals surface area (Å²) in [5, 5.41) is 0. The number of hydrogen-bond donors (Lipinski definition) is 0. The molecule has 0 aliphatic carbocycles. The van der Waals surface area contributed by atoms with E-state index in [1.807, 2.05) is 0 Å². The Morgan fingerprint density at radius 1 is 0.390 bits per heavy atom. The van der Waals surface area contributed by atoms with Crippen LogP contribution in [0.5, 0.6) is 0 Å². The second-order valence-corrected chi connectivity index (χ2v) is 23.5. The average molecular weight is 1100 g/mol. The molecule has 1 aliphatic heterocycles. The smallest absolute Gasteiger partial charge is 0.211 e. The number of hydrogen-bond acceptors (Lipinski definition) is 0. The van der Waals surface area contributed by atoms with Crippen LogP contribution in [0.25, 0.3) is 16.9 Å². The minimum Gasteiger partial charge on any atom is -0.493 e. The molecule has 436 valence electrons. The zero-order valence-electron chi connectivity index (χ0n) is 51.5. The number of allylic oxidation sites excluding steroid dienone is 4. The molecule has 2 nitrogen and oxygen atoms in total. The van der Waals surface area contributed by atoms with Crippen LogP contribution in [0.15, 0.2) is 71.8 Å².